The minimum atomic E-state index is -5.88. The van der Waals surface area contributed by atoms with Crippen LogP contribution in [0.2, 0.25) is 0 Å². The first-order valence-electron chi connectivity index (χ1n) is 7.77. The first-order valence-corrected chi connectivity index (χ1v) is 9.25. The number of nitrogens with one attached hydrogen (secondary N) is 1. The van der Waals surface area contributed by atoms with Gasteiger partial charge < -0.3 is 0 Å². The topological polar surface area (TPSA) is 98.1 Å². The average molecular weight is 411 g/mol. The lowest BCUT2D eigenvalue weighted by Crippen LogP contribution is -2.42. The Morgan fingerprint density at radius 3 is 2.29 bits per heavy atom. The molecule has 0 atom stereocenters. The summed E-state index contributed by atoms with van der Waals surface area (Å²) >= 11 is 0. The fraction of sp³-hybridized carbons (Fsp3) is 0.118. The normalized spacial score (nSPS) is 12.1. The SMILES string of the molecule is O=C(Cn1c(=O)c(-c2ccccc2)nc2ccccc21)NS(=O)(=O)C(F)(F)F. The Hall–Kier alpha value is -3.21. The predicted molar refractivity (Wildman–Crippen MR) is 94.6 cm³/mol. The van der Waals surface area contributed by atoms with Crippen LogP contribution in [0.5, 0.6) is 0 Å². The summed E-state index contributed by atoms with van der Waals surface area (Å²) in [4.78, 5) is 29.0. The highest BCUT2D eigenvalue weighted by atomic mass is 32.2. The Bertz CT molecular complexity index is 1210. The molecule has 11 heteroatoms. The Balaban J connectivity index is 2.09. The number of para-hydroxylation sites is 2. The molecule has 0 bridgehead atoms. The standard InChI is InChI=1S/C17H12F3N3O4S/c18-17(19,20)28(26,27)22-14(24)10-23-13-9-5-4-8-12(13)21-15(16(23)25)11-6-2-1-3-7-11/h1-9H,10H2,(H,22,24). The highest BCUT2D eigenvalue weighted by molar-refractivity contribution is 7.90. The molecule has 0 aliphatic carbocycles. The quantitative estimate of drug-likeness (QED) is 0.709. The molecule has 0 fully saturated rings. The molecule has 7 nitrogen and oxygen atoms in total. The van der Waals surface area contributed by atoms with Crippen molar-refractivity contribution in [2.45, 2.75) is 12.1 Å². The molecule has 0 saturated carbocycles. The van der Waals surface area contributed by atoms with Gasteiger partial charge in [-0.2, -0.15) is 21.6 Å². The van der Waals surface area contributed by atoms with Gasteiger partial charge >= 0.3 is 15.5 Å². The van der Waals surface area contributed by atoms with E-state index < -0.39 is 33.5 Å². The van der Waals surface area contributed by atoms with Crippen LogP contribution in [0.25, 0.3) is 22.3 Å². The number of nitrogens with zero attached hydrogens (tertiary/aromatic N) is 2. The van der Waals surface area contributed by atoms with E-state index in [2.05, 4.69) is 4.98 Å². The first kappa shape index (κ1) is 19.5. The number of sulfonamides is 1. The van der Waals surface area contributed by atoms with Crippen molar-refractivity contribution in [1.82, 2.24) is 14.3 Å². The monoisotopic (exact) mass is 411 g/mol. The molecular weight excluding hydrogens is 399 g/mol. The second-order valence-corrected chi connectivity index (χ2v) is 7.35. The van der Waals surface area contributed by atoms with Gasteiger partial charge in [0.05, 0.1) is 11.0 Å². The van der Waals surface area contributed by atoms with E-state index in [1.165, 1.54) is 6.07 Å². The van der Waals surface area contributed by atoms with E-state index in [0.29, 0.717) is 11.1 Å². The lowest BCUT2D eigenvalue weighted by molar-refractivity contribution is -0.120. The maximum atomic E-state index is 12.8. The number of carbonyl (C=O) groups is 1. The summed E-state index contributed by atoms with van der Waals surface area (Å²) in [6.07, 6.45) is 0. The predicted octanol–water partition coefficient (Wildman–Crippen LogP) is 2.03. The molecule has 0 radical (unpaired) electrons. The summed E-state index contributed by atoms with van der Waals surface area (Å²) < 4.78 is 61.5. The first-order chi connectivity index (χ1) is 13.1. The van der Waals surface area contributed by atoms with Gasteiger partial charge in [0.15, 0.2) is 0 Å². The van der Waals surface area contributed by atoms with E-state index in [9.17, 15) is 31.2 Å². The van der Waals surface area contributed by atoms with E-state index in [-0.39, 0.29) is 11.2 Å². The zero-order valence-corrected chi connectivity index (χ0v) is 14.8. The van der Waals surface area contributed by atoms with Gasteiger partial charge in [-0.15, -0.1) is 0 Å². The van der Waals surface area contributed by atoms with E-state index in [1.54, 1.807) is 48.5 Å². The van der Waals surface area contributed by atoms with Crippen molar-refractivity contribution in [3.8, 4) is 11.3 Å². The van der Waals surface area contributed by atoms with Crippen molar-refractivity contribution >= 4 is 27.0 Å². The van der Waals surface area contributed by atoms with Crippen LogP contribution in [0.4, 0.5) is 13.2 Å². The Morgan fingerprint density at radius 2 is 1.64 bits per heavy atom. The van der Waals surface area contributed by atoms with Gasteiger partial charge in [0, 0.05) is 5.56 Å². The molecule has 0 saturated heterocycles. The number of hydrogen-bond donors (Lipinski definition) is 1. The van der Waals surface area contributed by atoms with Crippen LogP contribution in [0.3, 0.4) is 0 Å². The Labute approximate surface area is 156 Å². The summed E-state index contributed by atoms with van der Waals surface area (Å²) in [5.41, 5.74) is -5.49. The van der Waals surface area contributed by atoms with Crippen molar-refractivity contribution in [1.29, 1.82) is 0 Å². The second-order valence-electron chi connectivity index (χ2n) is 5.68. The van der Waals surface area contributed by atoms with Crippen molar-refractivity contribution < 1.29 is 26.4 Å². The number of halogens is 3. The molecule has 1 amide bonds. The van der Waals surface area contributed by atoms with Crippen LogP contribution >= 0.6 is 0 Å². The van der Waals surface area contributed by atoms with Gasteiger partial charge in [-0.05, 0) is 12.1 Å². The largest absolute Gasteiger partial charge is 0.516 e. The van der Waals surface area contributed by atoms with Gasteiger partial charge in [-0.3, -0.25) is 14.2 Å². The van der Waals surface area contributed by atoms with E-state index >= 15 is 0 Å². The molecule has 3 rings (SSSR count). The number of fused-ring (bicyclic) bond motifs is 1. The molecule has 0 aliphatic rings. The molecule has 1 heterocycles. The molecule has 1 N–H and O–H groups in total. The number of benzene rings is 2. The lowest BCUT2D eigenvalue weighted by Gasteiger charge is -2.13. The maximum Gasteiger partial charge on any atom is 0.516 e. The van der Waals surface area contributed by atoms with Gasteiger partial charge in [0.25, 0.3) is 11.5 Å². The lowest BCUT2D eigenvalue weighted by atomic mass is 10.1. The van der Waals surface area contributed by atoms with Gasteiger partial charge in [0.2, 0.25) is 0 Å². The number of hydrogen-bond acceptors (Lipinski definition) is 5. The molecule has 28 heavy (non-hydrogen) atoms. The smallest absolute Gasteiger partial charge is 0.295 e. The highest BCUT2D eigenvalue weighted by Gasteiger charge is 2.47. The summed E-state index contributed by atoms with van der Waals surface area (Å²) in [6, 6.07) is 14.5. The number of carbonyl (C=O) groups excluding carboxylic acids is 1. The van der Waals surface area contributed by atoms with Crippen LogP contribution in [0.1, 0.15) is 0 Å². The summed E-state index contributed by atoms with van der Waals surface area (Å²) in [5, 5.41) is 0. The van der Waals surface area contributed by atoms with Crippen LogP contribution in [0.15, 0.2) is 59.4 Å². The molecule has 0 unspecified atom stereocenters. The van der Waals surface area contributed by atoms with E-state index in [0.717, 1.165) is 9.29 Å². The molecule has 146 valence electrons. The summed E-state index contributed by atoms with van der Waals surface area (Å²) in [7, 11) is -5.88. The number of aromatic nitrogens is 2. The second kappa shape index (κ2) is 7.08. The van der Waals surface area contributed by atoms with Gasteiger partial charge in [0.1, 0.15) is 12.2 Å². The zero-order chi connectivity index (χ0) is 20.5. The average Bonchev–Trinajstić information content (AvgIpc) is 2.63. The summed E-state index contributed by atoms with van der Waals surface area (Å²) in [6.45, 7) is -0.934. The Kier molecular flexibility index (Phi) is 4.94. The van der Waals surface area contributed by atoms with Crippen LogP contribution in [0, 0.1) is 0 Å². The van der Waals surface area contributed by atoms with E-state index in [1.807, 2.05) is 0 Å². The number of alkyl halides is 3. The third-order valence-corrected chi connectivity index (χ3v) is 4.86. The summed E-state index contributed by atoms with van der Waals surface area (Å²) in [5.74, 6) is -1.50. The third-order valence-electron chi connectivity index (χ3n) is 3.75. The number of amides is 1. The van der Waals surface area contributed by atoms with Crippen molar-refractivity contribution in [2.75, 3.05) is 0 Å². The minimum Gasteiger partial charge on any atom is -0.295 e. The fourth-order valence-electron chi connectivity index (χ4n) is 2.52. The van der Waals surface area contributed by atoms with Gasteiger partial charge in [-0.1, -0.05) is 42.5 Å². The van der Waals surface area contributed by atoms with E-state index in [4.69, 9.17) is 0 Å². The molecule has 2 aromatic carbocycles. The molecule has 3 aromatic rings. The zero-order valence-electron chi connectivity index (χ0n) is 14.0. The van der Waals surface area contributed by atoms with Crippen molar-refractivity contribution in [3.63, 3.8) is 0 Å². The maximum absolute atomic E-state index is 12.8. The Morgan fingerprint density at radius 1 is 1.04 bits per heavy atom. The fourth-order valence-corrected chi connectivity index (χ4v) is 3.00. The molecule has 0 spiro atoms. The third kappa shape index (κ3) is 3.74. The van der Waals surface area contributed by atoms with Crippen LogP contribution < -0.4 is 10.3 Å². The molecule has 0 aliphatic heterocycles. The minimum absolute atomic E-state index is 0.0224. The van der Waals surface area contributed by atoms with Gasteiger partial charge in [-0.25, -0.2) is 9.71 Å². The van der Waals surface area contributed by atoms with Crippen molar-refractivity contribution in [3.05, 3.63) is 65.0 Å². The highest BCUT2D eigenvalue weighted by Crippen LogP contribution is 2.22. The number of rotatable bonds is 4. The van der Waals surface area contributed by atoms with Crippen molar-refractivity contribution in [2.24, 2.45) is 0 Å². The molecular formula is C17H12F3N3O4S. The van der Waals surface area contributed by atoms with Crippen LogP contribution in [-0.4, -0.2) is 29.4 Å². The van der Waals surface area contributed by atoms with Crippen LogP contribution in [-0.2, 0) is 21.4 Å². The molecule has 1 aromatic heterocycles.